The van der Waals surface area contributed by atoms with E-state index in [1.54, 1.807) is 44.4 Å². The number of aryl methyl sites for hydroxylation is 1. The molecule has 0 spiro atoms. The van der Waals surface area contributed by atoms with Gasteiger partial charge in [0.2, 0.25) is 0 Å². The molecule has 2 aromatic carbocycles. The first-order valence-corrected chi connectivity index (χ1v) is 8.77. The lowest BCUT2D eigenvalue weighted by atomic mass is 10.2. The molecule has 1 heterocycles. The Morgan fingerprint density at radius 1 is 1.11 bits per heavy atom. The van der Waals surface area contributed by atoms with Gasteiger partial charge in [0.05, 0.1) is 24.8 Å². The molecule has 0 saturated carbocycles. The molecule has 0 bridgehead atoms. The molecule has 0 aliphatic heterocycles. The Balaban J connectivity index is 1.76. The topological polar surface area (TPSA) is 82.8 Å². The molecule has 28 heavy (non-hydrogen) atoms. The fraction of sp³-hybridized carbons (Fsp3) is 0.200. The van der Waals surface area contributed by atoms with E-state index in [0.29, 0.717) is 39.3 Å². The predicted molar refractivity (Wildman–Crippen MR) is 105 cm³/mol. The standard InChI is InChI=1S/C20H19ClN2O5/c1-12-14(11-27-18-7-5-4-6-17(18)26-3)19(23-28-12)20(24)22-13-8-9-16(25-2)15(21)10-13/h4-10H,11H2,1-3H3,(H,22,24). The number of rotatable bonds is 7. The molecule has 1 amide bonds. The average molecular weight is 403 g/mol. The number of methoxy groups -OCH3 is 2. The summed E-state index contributed by atoms with van der Waals surface area (Å²) in [5, 5.41) is 7.00. The number of hydrogen-bond acceptors (Lipinski definition) is 6. The highest BCUT2D eigenvalue weighted by Gasteiger charge is 2.21. The van der Waals surface area contributed by atoms with Crippen molar-refractivity contribution >= 4 is 23.2 Å². The van der Waals surface area contributed by atoms with Crippen molar-refractivity contribution in [2.45, 2.75) is 13.5 Å². The Kier molecular flexibility index (Phi) is 6.06. The fourth-order valence-corrected chi connectivity index (χ4v) is 2.82. The van der Waals surface area contributed by atoms with Gasteiger partial charge >= 0.3 is 0 Å². The van der Waals surface area contributed by atoms with Gasteiger partial charge in [0.15, 0.2) is 17.2 Å². The van der Waals surface area contributed by atoms with Crippen molar-refractivity contribution in [2.24, 2.45) is 0 Å². The highest BCUT2D eigenvalue weighted by molar-refractivity contribution is 6.32. The Labute approximate surface area is 167 Å². The van der Waals surface area contributed by atoms with Gasteiger partial charge in [-0.2, -0.15) is 0 Å². The van der Waals surface area contributed by atoms with Gasteiger partial charge in [-0.3, -0.25) is 4.79 Å². The Bertz CT molecular complexity index is 986. The molecule has 0 fully saturated rings. The van der Waals surface area contributed by atoms with E-state index < -0.39 is 5.91 Å². The van der Waals surface area contributed by atoms with Gasteiger partial charge < -0.3 is 24.1 Å². The number of amides is 1. The summed E-state index contributed by atoms with van der Waals surface area (Å²) in [6, 6.07) is 12.2. The molecule has 0 atom stereocenters. The maximum Gasteiger partial charge on any atom is 0.278 e. The van der Waals surface area contributed by atoms with E-state index in [4.69, 9.17) is 30.3 Å². The summed E-state index contributed by atoms with van der Waals surface area (Å²) < 4.78 is 21.4. The summed E-state index contributed by atoms with van der Waals surface area (Å²) >= 11 is 6.10. The normalized spacial score (nSPS) is 10.4. The first-order chi connectivity index (χ1) is 13.5. The minimum atomic E-state index is -0.434. The van der Waals surface area contributed by atoms with Crippen LogP contribution in [0.5, 0.6) is 17.2 Å². The molecule has 7 nitrogen and oxygen atoms in total. The van der Waals surface area contributed by atoms with Crippen LogP contribution in [0, 0.1) is 6.92 Å². The van der Waals surface area contributed by atoms with E-state index in [2.05, 4.69) is 10.5 Å². The Morgan fingerprint density at radius 3 is 2.50 bits per heavy atom. The summed E-state index contributed by atoms with van der Waals surface area (Å²) in [5.41, 5.74) is 1.19. The monoisotopic (exact) mass is 402 g/mol. The molecular weight excluding hydrogens is 384 g/mol. The predicted octanol–water partition coefficient (Wildman–Crippen LogP) is 4.48. The number of nitrogens with one attached hydrogen (secondary N) is 1. The third kappa shape index (κ3) is 4.20. The molecule has 0 saturated heterocycles. The largest absolute Gasteiger partial charge is 0.495 e. The van der Waals surface area contributed by atoms with Gasteiger partial charge in [-0.1, -0.05) is 28.9 Å². The molecule has 146 valence electrons. The van der Waals surface area contributed by atoms with E-state index in [0.717, 1.165) is 0 Å². The number of ether oxygens (including phenoxy) is 3. The lowest BCUT2D eigenvalue weighted by Gasteiger charge is -2.11. The fourth-order valence-electron chi connectivity index (χ4n) is 2.56. The lowest BCUT2D eigenvalue weighted by molar-refractivity contribution is 0.101. The molecule has 0 aliphatic carbocycles. The van der Waals surface area contributed by atoms with Crippen LogP contribution in [0.1, 0.15) is 21.8 Å². The molecule has 3 rings (SSSR count). The van der Waals surface area contributed by atoms with Crippen molar-refractivity contribution < 1.29 is 23.5 Å². The summed E-state index contributed by atoms with van der Waals surface area (Å²) in [5.74, 6) is 1.72. The van der Waals surface area contributed by atoms with Crippen LogP contribution in [0.15, 0.2) is 47.0 Å². The van der Waals surface area contributed by atoms with Crippen molar-refractivity contribution in [3.05, 3.63) is 64.5 Å². The average Bonchev–Trinajstić information content (AvgIpc) is 3.07. The third-order valence-corrected chi connectivity index (χ3v) is 4.35. The van der Waals surface area contributed by atoms with Gasteiger partial charge in [-0.05, 0) is 37.3 Å². The summed E-state index contributed by atoms with van der Waals surface area (Å²) in [4.78, 5) is 12.7. The molecule has 0 aliphatic rings. The minimum Gasteiger partial charge on any atom is -0.495 e. The second-order valence-electron chi connectivity index (χ2n) is 5.81. The number of anilines is 1. The smallest absolute Gasteiger partial charge is 0.278 e. The third-order valence-electron chi connectivity index (χ3n) is 4.05. The van der Waals surface area contributed by atoms with Crippen molar-refractivity contribution in [3.8, 4) is 17.2 Å². The number of nitrogens with zero attached hydrogens (tertiary/aromatic N) is 1. The minimum absolute atomic E-state index is 0.0990. The number of carbonyl (C=O) groups excluding carboxylic acids is 1. The Hall–Kier alpha value is -3.19. The van der Waals surface area contributed by atoms with Crippen LogP contribution in [0.4, 0.5) is 5.69 Å². The number of benzene rings is 2. The van der Waals surface area contributed by atoms with Gasteiger partial charge in [0, 0.05) is 5.69 Å². The van der Waals surface area contributed by atoms with Crippen molar-refractivity contribution in [2.75, 3.05) is 19.5 Å². The SMILES string of the molecule is COc1ccc(NC(=O)c2noc(C)c2COc2ccccc2OC)cc1Cl. The summed E-state index contributed by atoms with van der Waals surface area (Å²) in [6.45, 7) is 1.82. The van der Waals surface area contributed by atoms with Gasteiger partial charge in [0.1, 0.15) is 18.1 Å². The summed E-state index contributed by atoms with van der Waals surface area (Å²) in [6.07, 6.45) is 0. The second kappa shape index (κ2) is 8.67. The number of hydrogen-bond donors (Lipinski definition) is 1. The zero-order valence-electron chi connectivity index (χ0n) is 15.6. The molecule has 8 heteroatoms. The van der Waals surface area contributed by atoms with E-state index in [1.807, 2.05) is 12.1 Å². The van der Waals surface area contributed by atoms with Crippen LogP contribution >= 0.6 is 11.6 Å². The van der Waals surface area contributed by atoms with Crippen molar-refractivity contribution in [1.29, 1.82) is 0 Å². The summed E-state index contributed by atoms with van der Waals surface area (Å²) in [7, 11) is 3.08. The first-order valence-electron chi connectivity index (χ1n) is 8.39. The maximum atomic E-state index is 12.7. The van der Waals surface area contributed by atoms with E-state index >= 15 is 0 Å². The quantitative estimate of drug-likeness (QED) is 0.627. The zero-order chi connectivity index (χ0) is 20.1. The van der Waals surface area contributed by atoms with Gasteiger partial charge in [0.25, 0.3) is 5.91 Å². The highest BCUT2D eigenvalue weighted by Crippen LogP contribution is 2.29. The molecule has 0 unspecified atom stereocenters. The van der Waals surface area contributed by atoms with Crippen LogP contribution < -0.4 is 19.5 Å². The van der Waals surface area contributed by atoms with Crippen LogP contribution in [-0.4, -0.2) is 25.3 Å². The lowest BCUT2D eigenvalue weighted by Crippen LogP contribution is -2.15. The van der Waals surface area contributed by atoms with Crippen molar-refractivity contribution in [3.63, 3.8) is 0 Å². The number of carbonyl (C=O) groups is 1. The van der Waals surface area contributed by atoms with Crippen LogP contribution in [0.3, 0.4) is 0 Å². The number of para-hydroxylation sites is 2. The molecule has 3 aromatic rings. The van der Waals surface area contributed by atoms with E-state index in [1.165, 1.54) is 7.11 Å². The molecule has 0 radical (unpaired) electrons. The van der Waals surface area contributed by atoms with E-state index in [-0.39, 0.29) is 12.3 Å². The highest BCUT2D eigenvalue weighted by atomic mass is 35.5. The molecular formula is C20H19ClN2O5. The zero-order valence-corrected chi connectivity index (χ0v) is 16.4. The second-order valence-corrected chi connectivity index (χ2v) is 6.22. The van der Waals surface area contributed by atoms with Crippen molar-refractivity contribution in [1.82, 2.24) is 5.16 Å². The van der Waals surface area contributed by atoms with Gasteiger partial charge in [-0.25, -0.2) is 0 Å². The maximum absolute atomic E-state index is 12.7. The van der Waals surface area contributed by atoms with E-state index in [9.17, 15) is 4.79 Å². The Morgan fingerprint density at radius 2 is 1.82 bits per heavy atom. The molecule has 1 aromatic heterocycles. The van der Waals surface area contributed by atoms with Crippen LogP contribution in [0.2, 0.25) is 5.02 Å². The van der Waals surface area contributed by atoms with Gasteiger partial charge in [-0.15, -0.1) is 0 Å². The number of halogens is 1. The van der Waals surface area contributed by atoms with Crippen LogP contribution in [0.25, 0.3) is 0 Å². The number of aromatic nitrogens is 1. The molecule has 1 N–H and O–H groups in total. The van der Waals surface area contributed by atoms with Crippen LogP contribution in [-0.2, 0) is 6.61 Å². The first kappa shape index (κ1) is 19.6.